The Balaban J connectivity index is 1.58. The molecule has 3 aromatic rings. The van der Waals surface area contributed by atoms with Crippen molar-refractivity contribution in [1.82, 2.24) is 14.9 Å². The van der Waals surface area contributed by atoms with Gasteiger partial charge in [0, 0.05) is 43.9 Å². The highest BCUT2D eigenvalue weighted by Gasteiger charge is 2.24. The molecule has 1 fully saturated rings. The smallest absolute Gasteiger partial charge is 0.289 e. The molecular formula is C23H25FN4O2. The second-order valence-corrected chi connectivity index (χ2v) is 7.58. The third kappa shape index (κ3) is 4.35. The second-order valence-electron chi connectivity index (χ2n) is 7.58. The Kier molecular flexibility index (Phi) is 5.79. The van der Waals surface area contributed by atoms with E-state index in [1.807, 2.05) is 24.8 Å². The minimum Gasteiger partial charge on any atom is -0.459 e. The van der Waals surface area contributed by atoms with Gasteiger partial charge in [-0.1, -0.05) is 12.1 Å². The molecule has 156 valence electrons. The molecule has 0 spiro atoms. The van der Waals surface area contributed by atoms with Crippen LogP contribution in [0.15, 0.2) is 47.1 Å². The van der Waals surface area contributed by atoms with E-state index in [4.69, 9.17) is 9.40 Å². The lowest BCUT2D eigenvalue weighted by molar-refractivity contribution is 0.0735. The van der Waals surface area contributed by atoms with Gasteiger partial charge in [-0.25, -0.2) is 14.4 Å². The van der Waals surface area contributed by atoms with Gasteiger partial charge in [-0.05, 0) is 50.1 Å². The molecule has 0 unspecified atom stereocenters. The third-order valence-corrected chi connectivity index (χ3v) is 5.39. The number of benzene rings is 1. The first kappa shape index (κ1) is 20.1. The Morgan fingerprint density at radius 2 is 1.97 bits per heavy atom. The van der Waals surface area contributed by atoms with E-state index in [9.17, 15) is 9.18 Å². The summed E-state index contributed by atoms with van der Waals surface area (Å²) in [5, 5.41) is 0. The lowest BCUT2D eigenvalue weighted by atomic mass is 10.0. The van der Waals surface area contributed by atoms with Crippen LogP contribution in [0.2, 0.25) is 0 Å². The number of aryl methyl sites for hydroxylation is 2. The summed E-state index contributed by atoms with van der Waals surface area (Å²) in [4.78, 5) is 26.0. The number of hydrogen-bond donors (Lipinski definition) is 0. The highest BCUT2D eigenvalue weighted by molar-refractivity contribution is 5.91. The zero-order valence-corrected chi connectivity index (χ0v) is 17.3. The monoisotopic (exact) mass is 408 g/mol. The molecular weight excluding hydrogens is 383 g/mol. The number of halogens is 1. The summed E-state index contributed by atoms with van der Waals surface area (Å²) in [6, 6.07) is 10.1. The van der Waals surface area contributed by atoms with Gasteiger partial charge in [-0.2, -0.15) is 0 Å². The van der Waals surface area contributed by atoms with Gasteiger partial charge in [-0.15, -0.1) is 0 Å². The van der Waals surface area contributed by atoms with Crippen LogP contribution in [0.25, 0.3) is 0 Å². The summed E-state index contributed by atoms with van der Waals surface area (Å²) in [6.45, 7) is 6.55. The van der Waals surface area contributed by atoms with Gasteiger partial charge in [0.05, 0.1) is 6.26 Å². The van der Waals surface area contributed by atoms with Crippen LogP contribution < -0.4 is 4.90 Å². The van der Waals surface area contributed by atoms with Crippen LogP contribution in [0.5, 0.6) is 0 Å². The van der Waals surface area contributed by atoms with E-state index < -0.39 is 0 Å². The summed E-state index contributed by atoms with van der Waals surface area (Å²) in [7, 11) is 0. The van der Waals surface area contributed by atoms with E-state index in [2.05, 4.69) is 9.88 Å². The van der Waals surface area contributed by atoms with E-state index in [0.29, 0.717) is 37.6 Å². The number of anilines is 1. The molecule has 1 amide bonds. The molecule has 2 aromatic heterocycles. The van der Waals surface area contributed by atoms with Gasteiger partial charge in [0.25, 0.3) is 5.91 Å². The molecule has 4 rings (SSSR count). The quantitative estimate of drug-likeness (QED) is 0.658. The van der Waals surface area contributed by atoms with Crippen molar-refractivity contribution in [2.24, 2.45) is 0 Å². The molecule has 1 aromatic carbocycles. The van der Waals surface area contributed by atoms with Crippen molar-refractivity contribution in [2.75, 3.05) is 31.1 Å². The number of carbonyl (C=O) groups excluding carboxylic acids is 1. The van der Waals surface area contributed by atoms with Crippen LogP contribution in [0, 0.1) is 19.7 Å². The topological polar surface area (TPSA) is 62.5 Å². The predicted molar refractivity (Wildman–Crippen MR) is 112 cm³/mol. The molecule has 0 radical (unpaired) electrons. The van der Waals surface area contributed by atoms with Crippen LogP contribution >= 0.6 is 0 Å². The maximum absolute atomic E-state index is 13.7. The van der Waals surface area contributed by atoms with Crippen molar-refractivity contribution < 1.29 is 13.6 Å². The second kappa shape index (κ2) is 8.65. The molecule has 0 N–H and O–H groups in total. The minimum atomic E-state index is -0.249. The van der Waals surface area contributed by atoms with Gasteiger partial charge in [0.2, 0.25) is 0 Å². The molecule has 1 aliphatic rings. The van der Waals surface area contributed by atoms with Crippen LogP contribution in [-0.4, -0.2) is 47.0 Å². The van der Waals surface area contributed by atoms with Crippen LogP contribution in [0.3, 0.4) is 0 Å². The fourth-order valence-electron chi connectivity index (χ4n) is 3.93. The van der Waals surface area contributed by atoms with E-state index >= 15 is 0 Å². The van der Waals surface area contributed by atoms with Crippen molar-refractivity contribution in [3.63, 3.8) is 0 Å². The largest absolute Gasteiger partial charge is 0.459 e. The van der Waals surface area contributed by atoms with Gasteiger partial charge in [-0.3, -0.25) is 4.79 Å². The first-order chi connectivity index (χ1) is 14.5. The summed E-state index contributed by atoms with van der Waals surface area (Å²) in [6.07, 6.45) is 2.90. The number of nitrogens with zero attached hydrogens (tertiary/aromatic N) is 4. The Morgan fingerprint density at radius 1 is 1.10 bits per heavy atom. The average molecular weight is 408 g/mol. The molecule has 6 nitrogen and oxygen atoms in total. The summed E-state index contributed by atoms with van der Waals surface area (Å²) >= 11 is 0. The van der Waals surface area contributed by atoms with Crippen LogP contribution in [0.4, 0.5) is 10.2 Å². The summed E-state index contributed by atoms with van der Waals surface area (Å²) in [5.74, 6) is 1.61. The molecule has 0 aliphatic carbocycles. The van der Waals surface area contributed by atoms with Gasteiger partial charge < -0.3 is 14.2 Å². The highest BCUT2D eigenvalue weighted by Crippen LogP contribution is 2.25. The Morgan fingerprint density at radius 3 is 2.73 bits per heavy atom. The van der Waals surface area contributed by atoms with Crippen molar-refractivity contribution in [1.29, 1.82) is 0 Å². The van der Waals surface area contributed by atoms with Crippen LogP contribution in [0.1, 0.15) is 39.6 Å². The lowest BCUT2D eigenvalue weighted by Crippen LogP contribution is -2.35. The highest BCUT2D eigenvalue weighted by atomic mass is 19.1. The minimum absolute atomic E-state index is 0.0862. The van der Waals surface area contributed by atoms with Crippen molar-refractivity contribution in [3.8, 4) is 0 Å². The summed E-state index contributed by atoms with van der Waals surface area (Å²) in [5.41, 5.74) is 2.78. The first-order valence-electron chi connectivity index (χ1n) is 10.2. The van der Waals surface area contributed by atoms with Crippen molar-refractivity contribution in [2.45, 2.75) is 26.7 Å². The van der Waals surface area contributed by atoms with Gasteiger partial charge in [0.1, 0.15) is 17.5 Å². The zero-order chi connectivity index (χ0) is 21.1. The third-order valence-electron chi connectivity index (χ3n) is 5.39. The average Bonchev–Trinajstić information content (AvgIpc) is 3.14. The summed E-state index contributed by atoms with van der Waals surface area (Å²) < 4.78 is 19.0. The van der Waals surface area contributed by atoms with E-state index in [-0.39, 0.29) is 11.7 Å². The molecule has 30 heavy (non-hydrogen) atoms. The molecule has 0 bridgehead atoms. The number of rotatable bonds is 4. The first-order valence-corrected chi connectivity index (χ1v) is 10.2. The lowest BCUT2D eigenvalue weighted by Gasteiger charge is -2.26. The molecule has 0 atom stereocenters. The fraction of sp³-hybridized carbons (Fsp3) is 0.348. The normalized spacial score (nSPS) is 14.6. The molecule has 1 saturated heterocycles. The Hall–Kier alpha value is -3.22. The predicted octanol–water partition coefficient (Wildman–Crippen LogP) is 3.77. The standard InChI is InChI=1S/C23H25FN4O2/c1-16-20(15-18-6-3-7-19(24)14-18)22(26-17(2)25-16)27-9-5-10-28(12-11-27)23(29)21-8-4-13-30-21/h3-4,6-8,13-14H,5,9-12,15H2,1-2H3. The maximum Gasteiger partial charge on any atom is 0.289 e. The molecule has 3 heterocycles. The van der Waals surface area contributed by atoms with Gasteiger partial charge in [0.15, 0.2) is 5.76 Å². The Bertz CT molecular complexity index is 1040. The molecule has 7 heteroatoms. The van der Waals surface area contributed by atoms with E-state index in [1.54, 1.807) is 24.3 Å². The number of amides is 1. The van der Waals surface area contributed by atoms with Crippen molar-refractivity contribution in [3.05, 3.63) is 76.9 Å². The fourth-order valence-corrected chi connectivity index (χ4v) is 3.93. The molecule has 1 aliphatic heterocycles. The van der Waals surface area contributed by atoms with Gasteiger partial charge >= 0.3 is 0 Å². The van der Waals surface area contributed by atoms with E-state index in [0.717, 1.165) is 35.6 Å². The zero-order valence-electron chi connectivity index (χ0n) is 17.3. The van der Waals surface area contributed by atoms with Crippen molar-refractivity contribution >= 4 is 11.7 Å². The number of hydrogen-bond acceptors (Lipinski definition) is 5. The SMILES string of the molecule is Cc1nc(C)c(Cc2cccc(F)c2)c(N2CCCN(C(=O)c3ccco3)CC2)n1. The number of furan rings is 1. The van der Waals surface area contributed by atoms with Crippen LogP contribution in [-0.2, 0) is 6.42 Å². The molecule has 0 saturated carbocycles. The van der Waals surface area contributed by atoms with E-state index in [1.165, 1.54) is 12.3 Å². The maximum atomic E-state index is 13.7. The number of carbonyl (C=O) groups is 1. The Labute approximate surface area is 175 Å². The number of aromatic nitrogens is 2.